The first-order chi connectivity index (χ1) is 10.6. The number of halogens is 1. The van der Waals surface area contributed by atoms with Crippen LogP contribution >= 0.6 is 0 Å². The van der Waals surface area contributed by atoms with E-state index in [-0.39, 0.29) is 29.0 Å². The van der Waals surface area contributed by atoms with Gasteiger partial charge in [0, 0.05) is 23.7 Å². The van der Waals surface area contributed by atoms with Gasteiger partial charge < -0.3 is 20.3 Å². The minimum atomic E-state index is -1.13. The van der Waals surface area contributed by atoms with Crippen LogP contribution in [0.4, 0.5) is 4.39 Å². The molecule has 0 heterocycles. The second-order valence-electron chi connectivity index (χ2n) is 6.24. The summed E-state index contributed by atoms with van der Waals surface area (Å²) in [5.74, 6) is -1.57. The molecule has 1 aromatic carbocycles. The number of carboxylic acids is 1. The highest BCUT2D eigenvalue weighted by molar-refractivity contribution is 6.16. The summed E-state index contributed by atoms with van der Waals surface area (Å²) in [7, 11) is 0. The molecule has 0 radical (unpaired) electrons. The third kappa shape index (κ3) is 6.38. The summed E-state index contributed by atoms with van der Waals surface area (Å²) in [5.41, 5.74) is 0.145. The van der Waals surface area contributed by atoms with Gasteiger partial charge in [-0.15, -0.1) is 0 Å². The van der Waals surface area contributed by atoms with Gasteiger partial charge in [-0.2, -0.15) is 0 Å². The third-order valence-corrected chi connectivity index (χ3v) is 3.05. The lowest BCUT2D eigenvalue weighted by Gasteiger charge is -2.23. The summed E-state index contributed by atoms with van der Waals surface area (Å²) in [6, 6.07) is 3.64. The summed E-state index contributed by atoms with van der Waals surface area (Å²) in [5, 5.41) is 22.2. The largest absolute Gasteiger partial charge is 0.490 e. The van der Waals surface area contributed by atoms with Crippen LogP contribution in [0, 0.1) is 5.82 Å². The molecular formula is C17H24FNO4. The first-order valence-corrected chi connectivity index (χ1v) is 7.39. The Bertz CT molecular complexity index is 578. The average Bonchev–Trinajstić information content (AvgIpc) is 2.44. The number of nitrogens with one attached hydrogen (secondary N) is 1. The lowest BCUT2D eigenvalue weighted by atomic mass is 10.0. The van der Waals surface area contributed by atoms with Crippen molar-refractivity contribution < 1.29 is 24.1 Å². The van der Waals surface area contributed by atoms with E-state index in [4.69, 9.17) is 4.74 Å². The fourth-order valence-corrected chi connectivity index (χ4v) is 1.90. The number of carboxylic acid groups (broad SMARTS) is 1. The minimum absolute atomic E-state index is 0.0160. The Balaban J connectivity index is 2.83. The zero-order valence-electron chi connectivity index (χ0n) is 13.9. The van der Waals surface area contributed by atoms with Crippen molar-refractivity contribution in [3.8, 4) is 5.75 Å². The molecule has 0 bridgehead atoms. The smallest absolute Gasteiger partial charge is 0.336 e. The zero-order valence-corrected chi connectivity index (χ0v) is 13.9. The Morgan fingerprint density at radius 2 is 2.09 bits per heavy atom. The van der Waals surface area contributed by atoms with E-state index in [1.54, 1.807) is 6.92 Å². The van der Waals surface area contributed by atoms with Crippen LogP contribution < -0.4 is 10.1 Å². The SMILES string of the molecule is C/C=C(/C(=O)O)c1ccc(F)cc1OCC(O)CNC(C)(C)C. The lowest BCUT2D eigenvalue weighted by Crippen LogP contribution is -2.42. The topological polar surface area (TPSA) is 78.8 Å². The van der Waals surface area contributed by atoms with Gasteiger partial charge in [-0.25, -0.2) is 9.18 Å². The summed E-state index contributed by atoms with van der Waals surface area (Å²) < 4.78 is 18.9. The van der Waals surface area contributed by atoms with Gasteiger partial charge in [0.05, 0.1) is 5.57 Å². The molecule has 3 N–H and O–H groups in total. The van der Waals surface area contributed by atoms with Crippen LogP contribution in [0.5, 0.6) is 5.75 Å². The standard InChI is InChI=1S/C17H24FNO4/c1-5-13(16(21)22)14-7-6-11(18)8-15(14)23-10-12(20)9-19-17(2,3)4/h5-8,12,19-20H,9-10H2,1-4H3,(H,21,22)/b13-5+. The fraction of sp³-hybridized carbons (Fsp3) is 0.471. The van der Waals surface area contributed by atoms with E-state index in [9.17, 15) is 19.4 Å². The predicted molar refractivity (Wildman–Crippen MR) is 86.9 cm³/mol. The predicted octanol–water partition coefficient (Wildman–Crippen LogP) is 2.44. The second-order valence-corrected chi connectivity index (χ2v) is 6.24. The maximum atomic E-state index is 13.4. The third-order valence-electron chi connectivity index (χ3n) is 3.05. The van der Waals surface area contributed by atoms with E-state index in [0.29, 0.717) is 6.54 Å². The molecule has 0 saturated heterocycles. The van der Waals surface area contributed by atoms with Crippen LogP contribution in [0.3, 0.4) is 0 Å². The number of allylic oxidation sites excluding steroid dienone is 1. The highest BCUT2D eigenvalue weighted by Gasteiger charge is 2.17. The molecule has 6 heteroatoms. The van der Waals surface area contributed by atoms with Crippen LogP contribution in [0.25, 0.3) is 5.57 Å². The van der Waals surface area contributed by atoms with E-state index >= 15 is 0 Å². The molecular weight excluding hydrogens is 301 g/mol. The number of carbonyl (C=O) groups is 1. The molecule has 0 fully saturated rings. The number of hydrogen-bond acceptors (Lipinski definition) is 4. The van der Waals surface area contributed by atoms with E-state index in [2.05, 4.69) is 5.32 Å². The van der Waals surface area contributed by atoms with Crippen LogP contribution in [-0.2, 0) is 4.79 Å². The Hall–Kier alpha value is -1.92. The number of aliphatic hydroxyl groups excluding tert-OH is 1. The monoisotopic (exact) mass is 325 g/mol. The van der Waals surface area contributed by atoms with Gasteiger partial charge >= 0.3 is 5.97 Å². The molecule has 1 atom stereocenters. The Kier molecular flexibility index (Phi) is 6.72. The maximum Gasteiger partial charge on any atom is 0.336 e. The summed E-state index contributed by atoms with van der Waals surface area (Å²) in [6.07, 6.45) is 0.615. The van der Waals surface area contributed by atoms with Crippen molar-refractivity contribution in [2.45, 2.75) is 39.3 Å². The van der Waals surface area contributed by atoms with E-state index in [1.165, 1.54) is 18.2 Å². The van der Waals surface area contributed by atoms with Crippen LogP contribution in [-0.4, -0.2) is 41.0 Å². The fourth-order valence-electron chi connectivity index (χ4n) is 1.90. The van der Waals surface area contributed by atoms with Gasteiger partial charge in [0.25, 0.3) is 0 Å². The van der Waals surface area contributed by atoms with E-state index < -0.39 is 17.9 Å². The van der Waals surface area contributed by atoms with Gasteiger partial charge in [-0.1, -0.05) is 6.08 Å². The first kappa shape index (κ1) is 19.1. The molecule has 128 valence electrons. The summed E-state index contributed by atoms with van der Waals surface area (Å²) in [4.78, 5) is 11.2. The van der Waals surface area contributed by atoms with Crippen molar-refractivity contribution in [1.29, 1.82) is 0 Å². The van der Waals surface area contributed by atoms with Crippen molar-refractivity contribution in [3.05, 3.63) is 35.7 Å². The van der Waals surface area contributed by atoms with Gasteiger partial charge in [-0.3, -0.25) is 0 Å². The molecule has 0 aliphatic carbocycles. The van der Waals surface area contributed by atoms with E-state index in [0.717, 1.165) is 6.07 Å². The molecule has 1 aromatic rings. The van der Waals surface area contributed by atoms with Crippen molar-refractivity contribution >= 4 is 11.5 Å². The molecule has 0 aromatic heterocycles. The molecule has 1 unspecified atom stereocenters. The molecule has 0 aliphatic heterocycles. The number of β-amino-alcohol motifs (C(OH)–C–C–N with tert-alkyl or cyclic N) is 1. The van der Waals surface area contributed by atoms with Crippen LogP contribution in [0.1, 0.15) is 33.3 Å². The quantitative estimate of drug-likeness (QED) is 0.671. The molecule has 5 nitrogen and oxygen atoms in total. The molecule has 1 rings (SSSR count). The number of rotatable bonds is 7. The zero-order chi connectivity index (χ0) is 17.6. The molecule has 0 saturated carbocycles. The van der Waals surface area contributed by atoms with Crippen molar-refractivity contribution in [3.63, 3.8) is 0 Å². The number of ether oxygens (including phenoxy) is 1. The Labute approximate surface area is 135 Å². The number of benzene rings is 1. The van der Waals surface area contributed by atoms with Crippen molar-refractivity contribution in [2.24, 2.45) is 0 Å². The molecule has 0 amide bonds. The highest BCUT2D eigenvalue weighted by Crippen LogP contribution is 2.27. The highest BCUT2D eigenvalue weighted by atomic mass is 19.1. The number of aliphatic hydroxyl groups is 1. The summed E-state index contributed by atoms with van der Waals surface area (Å²) in [6.45, 7) is 7.72. The first-order valence-electron chi connectivity index (χ1n) is 7.39. The van der Waals surface area contributed by atoms with Crippen LogP contribution in [0.15, 0.2) is 24.3 Å². The molecule has 0 aliphatic rings. The lowest BCUT2D eigenvalue weighted by molar-refractivity contribution is -0.130. The maximum absolute atomic E-state index is 13.4. The molecule has 23 heavy (non-hydrogen) atoms. The Morgan fingerprint density at radius 3 is 2.61 bits per heavy atom. The van der Waals surface area contributed by atoms with Gasteiger partial charge in [0.1, 0.15) is 24.3 Å². The van der Waals surface area contributed by atoms with Crippen molar-refractivity contribution in [1.82, 2.24) is 5.32 Å². The number of aliphatic carboxylic acids is 1. The summed E-state index contributed by atoms with van der Waals surface area (Å²) >= 11 is 0. The van der Waals surface area contributed by atoms with Crippen molar-refractivity contribution in [2.75, 3.05) is 13.2 Å². The second kappa shape index (κ2) is 8.08. The Morgan fingerprint density at radius 1 is 1.43 bits per heavy atom. The van der Waals surface area contributed by atoms with Gasteiger partial charge in [0.15, 0.2) is 0 Å². The average molecular weight is 325 g/mol. The van der Waals surface area contributed by atoms with Gasteiger partial charge in [-0.05, 0) is 39.8 Å². The van der Waals surface area contributed by atoms with E-state index in [1.807, 2.05) is 20.8 Å². The molecule has 0 spiro atoms. The van der Waals surface area contributed by atoms with Crippen LogP contribution in [0.2, 0.25) is 0 Å². The normalized spacial score (nSPS) is 13.7. The minimum Gasteiger partial charge on any atom is -0.490 e. The van der Waals surface area contributed by atoms with Gasteiger partial charge in [0.2, 0.25) is 0 Å². The number of hydrogen-bond donors (Lipinski definition) is 3.